The molecule has 0 amide bonds. The number of benzene rings is 1. The summed E-state index contributed by atoms with van der Waals surface area (Å²) in [5, 5.41) is 13.1. The average molecular weight is 263 g/mol. The lowest BCUT2D eigenvalue weighted by molar-refractivity contribution is -0.0245. The van der Waals surface area contributed by atoms with Crippen molar-refractivity contribution in [2.24, 2.45) is 5.92 Å². The van der Waals surface area contributed by atoms with Gasteiger partial charge in [0.25, 0.3) is 0 Å². The highest BCUT2D eigenvalue weighted by molar-refractivity contribution is 5.42. The summed E-state index contributed by atoms with van der Waals surface area (Å²) in [5.41, 5.74) is 1.04. The minimum Gasteiger partial charge on any atom is -0.389 e. The van der Waals surface area contributed by atoms with Crippen molar-refractivity contribution in [2.75, 3.05) is 18.5 Å². The van der Waals surface area contributed by atoms with Gasteiger partial charge in [0.15, 0.2) is 0 Å². The van der Waals surface area contributed by atoms with Crippen LogP contribution in [0.5, 0.6) is 0 Å². The Morgan fingerprint density at radius 3 is 2.58 bits per heavy atom. The fourth-order valence-corrected chi connectivity index (χ4v) is 2.49. The average Bonchev–Trinajstić information content (AvgIpc) is 2.45. The molecule has 3 nitrogen and oxygen atoms in total. The summed E-state index contributed by atoms with van der Waals surface area (Å²) in [6.45, 7) is 3.26. The molecular weight excluding hydrogens is 238 g/mol. The molecule has 106 valence electrons. The first-order valence-electron chi connectivity index (χ1n) is 7.32. The van der Waals surface area contributed by atoms with Crippen molar-refractivity contribution in [3.05, 3.63) is 30.3 Å². The largest absolute Gasteiger partial charge is 0.389 e. The first-order chi connectivity index (χ1) is 9.24. The SMILES string of the molecule is CC1CCC(OCC(O)CNc2ccccc2)CC1. The van der Waals surface area contributed by atoms with Gasteiger partial charge < -0.3 is 15.2 Å². The maximum absolute atomic E-state index is 9.91. The molecule has 2 N–H and O–H groups in total. The van der Waals surface area contributed by atoms with Crippen LogP contribution in [-0.4, -0.2) is 30.5 Å². The number of nitrogens with one attached hydrogen (secondary N) is 1. The highest BCUT2D eigenvalue weighted by Crippen LogP contribution is 2.25. The molecule has 19 heavy (non-hydrogen) atoms. The third-order valence-corrected chi connectivity index (χ3v) is 3.80. The summed E-state index contributed by atoms with van der Waals surface area (Å²) in [6.07, 6.45) is 4.69. The molecule has 0 aliphatic heterocycles. The maximum atomic E-state index is 9.91. The van der Waals surface area contributed by atoms with Crippen molar-refractivity contribution < 1.29 is 9.84 Å². The number of aliphatic hydroxyl groups is 1. The van der Waals surface area contributed by atoms with Crippen molar-refractivity contribution >= 4 is 5.69 Å². The molecule has 1 aliphatic carbocycles. The van der Waals surface area contributed by atoms with Crippen LogP contribution in [0.1, 0.15) is 32.6 Å². The normalized spacial score (nSPS) is 24.9. The molecule has 1 aromatic rings. The van der Waals surface area contributed by atoms with Gasteiger partial charge in [-0.1, -0.05) is 25.1 Å². The van der Waals surface area contributed by atoms with Crippen LogP contribution in [0.25, 0.3) is 0 Å². The molecule has 0 spiro atoms. The number of hydrogen-bond donors (Lipinski definition) is 2. The van der Waals surface area contributed by atoms with E-state index in [2.05, 4.69) is 12.2 Å². The van der Waals surface area contributed by atoms with Gasteiger partial charge in [0, 0.05) is 12.2 Å². The van der Waals surface area contributed by atoms with Crippen LogP contribution in [0.3, 0.4) is 0 Å². The van der Waals surface area contributed by atoms with Gasteiger partial charge in [0.05, 0.1) is 18.8 Å². The van der Waals surface area contributed by atoms with E-state index >= 15 is 0 Å². The molecule has 1 unspecified atom stereocenters. The van der Waals surface area contributed by atoms with E-state index in [4.69, 9.17) is 4.74 Å². The molecule has 0 heterocycles. The first-order valence-corrected chi connectivity index (χ1v) is 7.32. The molecule has 1 saturated carbocycles. The van der Waals surface area contributed by atoms with Crippen LogP contribution in [-0.2, 0) is 4.74 Å². The Morgan fingerprint density at radius 2 is 1.89 bits per heavy atom. The van der Waals surface area contributed by atoms with E-state index in [1.54, 1.807) is 0 Å². The standard InChI is InChI=1S/C16H25NO2/c1-13-7-9-16(10-8-13)19-12-15(18)11-17-14-5-3-2-4-6-14/h2-6,13,15-18H,7-12H2,1H3. The number of hydrogen-bond acceptors (Lipinski definition) is 3. The number of para-hydroxylation sites is 1. The Hall–Kier alpha value is -1.06. The Kier molecular flexibility index (Phi) is 5.67. The van der Waals surface area contributed by atoms with E-state index in [1.165, 1.54) is 12.8 Å². The molecule has 3 heteroatoms. The zero-order valence-corrected chi connectivity index (χ0v) is 11.7. The van der Waals surface area contributed by atoms with Gasteiger partial charge in [0.1, 0.15) is 0 Å². The maximum Gasteiger partial charge on any atom is 0.0945 e. The van der Waals surface area contributed by atoms with Crippen molar-refractivity contribution in [1.82, 2.24) is 0 Å². The summed E-state index contributed by atoms with van der Waals surface area (Å²) < 4.78 is 5.79. The molecule has 2 rings (SSSR count). The molecule has 1 atom stereocenters. The molecule has 1 aromatic carbocycles. The second-order valence-electron chi connectivity index (χ2n) is 5.62. The highest BCUT2D eigenvalue weighted by atomic mass is 16.5. The molecule has 1 fully saturated rings. The number of rotatable bonds is 6. The number of anilines is 1. The lowest BCUT2D eigenvalue weighted by atomic mass is 9.89. The van der Waals surface area contributed by atoms with E-state index in [9.17, 15) is 5.11 Å². The summed E-state index contributed by atoms with van der Waals surface area (Å²) >= 11 is 0. The lowest BCUT2D eigenvalue weighted by Crippen LogP contribution is -2.29. The van der Waals surface area contributed by atoms with E-state index in [0.29, 0.717) is 19.3 Å². The van der Waals surface area contributed by atoms with Gasteiger partial charge in [-0.05, 0) is 43.7 Å². The Labute approximate surface area is 116 Å². The molecule has 0 aromatic heterocycles. The summed E-state index contributed by atoms with van der Waals surface area (Å²) in [4.78, 5) is 0. The monoisotopic (exact) mass is 263 g/mol. The second kappa shape index (κ2) is 7.51. The predicted molar refractivity (Wildman–Crippen MR) is 78.3 cm³/mol. The summed E-state index contributed by atoms with van der Waals surface area (Å²) in [7, 11) is 0. The van der Waals surface area contributed by atoms with Crippen LogP contribution >= 0.6 is 0 Å². The van der Waals surface area contributed by atoms with Gasteiger partial charge in [-0.2, -0.15) is 0 Å². The van der Waals surface area contributed by atoms with Crippen LogP contribution in [0.4, 0.5) is 5.69 Å². The smallest absolute Gasteiger partial charge is 0.0945 e. The Morgan fingerprint density at radius 1 is 1.21 bits per heavy atom. The van der Waals surface area contributed by atoms with Gasteiger partial charge in [0.2, 0.25) is 0 Å². The van der Waals surface area contributed by atoms with Gasteiger partial charge >= 0.3 is 0 Å². The van der Waals surface area contributed by atoms with Crippen LogP contribution in [0.15, 0.2) is 30.3 Å². The van der Waals surface area contributed by atoms with E-state index in [-0.39, 0.29) is 0 Å². The van der Waals surface area contributed by atoms with Crippen molar-refractivity contribution in [1.29, 1.82) is 0 Å². The van der Waals surface area contributed by atoms with Gasteiger partial charge in [-0.3, -0.25) is 0 Å². The molecule has 0 bridgehead atoms. The zero-order valence-electron chi connectivity index (χ0n) is 11.7. The van der Waals surface area contributed by atoms with Crippen molar-refractivity contribution in [3.8, 4) is 0 Å². The molecule has 1 aliphatic rings. The fourth-order valence-electron chi connectivity index (χ4n) is 2.49. The van der Waals surface area contributed by atoms with Crippen LogP contribution in [0.2, 0.25) is 0 Å². The van der Waals surface area contributed by atoms with E-state index < -0.39 is 6.10 Å². The third kappa shape index (κ3) is 5.21. The van der Waals surface area contributed by atoms with E-state index in [1.807, 2.05) is 30.3 Å². The van der Waals surface area contributed by atoms with E-state index in [0.717, 1.165) is 24.4 Å². The van der Waals surface area contributed by atoms with Crippen molar-refractivity contribution in [3.63, 3.8) is 0 Å². The van der Waals surface area contributed by atoms with Crippen molar-refractivity contribution in [2.45, 2.75) is 44.8 Å². The number of ether oxygens (including phenoxy) is 1. The topological polar surface area (TPSA) is 41.5 Å². The summed E-state index contributed by atoms with van der Waals surface area (Å²) in [5.74, 6) is 0.838. The minimum atomic E-state index is -0.445. The highest BCUT2D eigenvalue weighted by Gasteiger charge is 2.19. The Bertz CT molecular complexity index is 347. The predicted octanol–water partition coefficient (Wildman–Crippen LogP) is 3.05. The molecular formula is C16H25NO2. The quantitative estimate of drug-likeness (QED) is 0.829. The van der Waals surface area contributed by atoms with Gasteiger partial charge in [-0.25, -0.2) is 0 Å². The molecule has 0 radical (unpaired) electrons. The van der Waals surface area contributed by atoms with Gasteiger partial charge in [-0.15, -0.1) is 0 Å². The molecule has 0 saturated heterocycles. The minimum absolute atomic E-state index is 0.350. The van der Waals surface area contributed by atoms with Crippen LogP contribution < -0.4 is 5.32 Å². The first kappa shape index (κ1) is 14.4. The number of aliphatic hydroxyl groups excluding tert-OH is 1. The lowest BCUT2D eigenvalue weighted by Gasteiger charge is -2.27. The third-order valence-electron chi connectivity index (χ3n) is 3.80. The Balaban J connectivity index is 1.61. The van der Waals surface area contributed by atoms with Crippen LogP contribution in [0, 0.1) is 5.92 Å². The fraction of sp³-hybridized carbons (Fsp3) is 0.625. The zero-order chi connectivity index (χ0) is 13.5. The summed E-state index contributed by atoms with van der Waals surface area (Å²) in [6, 6.07) is 9.93. The second-order valence-corrected chi connectivity index (χ2v) is 5.62.